The molecule has 0 atom stereocenters. The topological polar surface area (TPSA) is 6.48 Å². The summed E-state index contributed by atoms with van der Waals surface area (Å²) in [4.78, 5) is 4.72. The molecule has 0 unspecified atom stereocenters. The summed E-state index contributed by atoms with van der Waals surface area (Å²) in [6, 6.07) is 8.54. The highest BCUT2D eigenvalue weighted by molar-refractivity contribution is 5.76. The van der Waals surface area contributed by atoms with E-state index in [0.717, 1.165) is 19.8 Å². The van der Waals surface area contributed by atoms with E-state index in [1.54, 1.807) is 0 Å². The second-order valence-electron chi connectivity index (χ2n) is 4.94. The smallest absolute Gasteiger partial charge is 0.0911 e. The van der Waals surface area contributed by atoms with E-state index >= 15 is 0 Å². The van der Waals surface area contributed by atoms with Gasteiger partial charge in [0.25, 0.3) is 0 Å². The molecule has 0 fully saturated rings. The second kappa shape index (κ2) is 4.66. The van der Waals surface area contributed by atoms with Gasteiger partial charge in [-0.25, -0.2) is 0 Å². The monoisotopic (exact) mass is 228 g/mol. The van der Waals surface area contributed by atoms with Crippen molar-refractivity contribution in [3.05, 3.63) is 48.6 Å². The van der Waals surface area contributed by atoms with E-state index in [9.17, 15) is 0 Å². The Morgan fingerprint density at radius 2 is 1.41 bits per heavy atom. The zero-order chi connectivity index (χ0) is 12.4. The van der Waals surface area contributed by atoms with E-state index in [-0.39, 0.29) is 0 Å². The van der Waals surface area contributed by atoms with Gasteiger partial charge in [-0.2, -0.15) is 0 Å². The summed E-state index contributed by atoms with van der Waals surface area (Å²) in [6.45, 7) is 14.9. The van der Waals surface area contributed by atoms with Gasteiger partial charge in [0.15, 0.2) is 0 Å². The van der Waals surface area contributed by atoms with Gasteiger partial charge >= 0.3 is 0 Å². The van der Waals surface area contributed by atoms with Gasteiger partial charge in [0.2, 0.25) is 0 Å². The van der Waals surface area contributed by atoms with Crippen molar-refractivity contribution < 1.29 is 0 Å². The minimum atomic E-state index is 0.920. The zero-order valence-corrected chi connectivity index (χ0v) is 10.7. The molecule has 0 bridgehead atoms. The number of nitrogens with zero attached hydrogens (tertiary/aromatic N) is 2. The van der Waals surface area contributed by atoms with Crippen LogP contribution in [0.1, 0.15) is 13.8 Å². The number of rotatable bonds is 4. The van der Waals surface area contributed by atoms with Gasteiger partial charge in [-0.3, -0.25) is 0 Å². The molecule has 1 aromatic rings. The molecule has 1 heterocycles. The summed E-state index contributed by atoms with van der Waals surface area (Å²) in [5, 5.41) is 0. The number of para-hydroxylation sites is 2. The predicted molar refractivity (Wildman–Crippen MR) is 75.6 cm³/mol. The molecule has 0 amide bonds. The van der Waals surface area contributed by atoms with Crippen LogP contribution in [-0.4, -0.2) is 19.8 Å². The fraction of sp³-hybridized carbons (Fsp3) is 0.333. The quantitative estimate of drug-likeness (QED) is 0.729. The molecule has 2 rings (SSSR count). The first-order valence-corrected chi connectivity index (χ1v) is 5.95. The highest BCUT2D eigenvalue weighted by Gasteiger charge is 2.24. The fourth-order valence-electron chi connectivity index (χ4n) is 2.28. The van der Waals surface area contributed by atoms with E-state index in [1.807, 2.05) is 0 Å². The summed E-state index contributed by atoms with van der Waals surface area (Å²) in [7, 11) is 0. The Hall–Kier alpha value is -1.70. The van der Waals surface area contributed by atoms with Crippen LogP contribution in [0.5, 0.6) is 0 Å². The Balaban J connectivity index is 2.26. The molecule has 0 aromatic heterocycles. The van der Waals surface area contributed by atoms with Crippen molar-refractivity contribution in [2.24, 2.45) is 0 Å². The minimum absolute atomic E-state index is 0.920. The molecule has 1 aliphatic heterocycles. The maximum absolute atomic E-state index is 4.00. The van der Waals surface area contributed by atoms with Crippen molar-refractivity contribution in [3.63, 3.8) is 0 Å². The van der Waals surface area contributed by atoms with E-state index in [4.69, 9.17) is 0 Å². The average molecular weight is 228 g/mol. The molecule has 2 heteroatoms. The molecule has 0 radical (unpaired) electrons. The van der Waals surface area contributed by atoms with Crippen LogP contribution < -0.4 is 9.80 Å². The third kappa shape index (κ3) is 2.52. The highest BCUT2D eigenvalue weighted by atomic mass is 15.4. The van der Waals surface area contributed by atoms with Gasteiger partial charge in [0.1, 0.15) is 0 Å². The standard InChI is InChI=1S/C15H20N2/c1-12(2)9-16-11-17(10-13(3)4)15-8-6-5-7-14(15)16/h5-8H,1,3,9-11H2,2,4H3. The molecule has 0 saturated heterocycles. The first kappa shape index (κ1) is 11.8. The molecule has 90 valence electrons. The van der Waals surface area contributed by atoms with Crippen molar-refractivity contribution in [1.82, 2.24) is 0 Å². The van der Waals surface area contributed by atoms with Crippen molar-refractivity contribution >= 4 is 11.4 Å². The molecule has 0 aliphatic carbocycles. The van der Waals surface area contributed by atoms with Crippen LogP contribution in [0.4, 0.5) is 11.4 Å². The lowest BCUT2D eigenvalue weighted by molar-refractivity contribution is 0.817. The highest BCUT2D eigenvalue weighted by Crippen LogP contribution is 2.35. The van der Waals surface area contributed by atoms with Crippen LogP contribution in [0.3, 0.4) is 0 Å². The van der Waals surface area contributed by atoms with Gasteiger partial charge in [-0.15, -0.1) is 0 Å². The van der Waals surface area contributed by atoms with Crippen molar-refractivity contribution in [2.45, 2.75) is 13.8 Å². The molecule has 17 heavy (non-hydrogen) atoms. The Kier molecular flexibility index (Phi) is 3.23. The van der Waals surface area contributed by atoms with Crippen molar-refractivity contribution in [3.8, 4) is 0 Å². The Bertz CT molecular complexity index is 407. The first-order chi connectivity index (χ1) is 8.08. The Morgan fingerprint density at radius 3 is 1.76 bits per heavy atom. The van der Waals surface area contributed by atoms with Crippen LogP contribution in [0.15, 0.2) is 48.6 Å². The fourth-order valence-corrected chi connectivity index (χ4v) is 2.28. The van der Waals surface area contributed by atoms with Gasteiger partial charge in [-0.05, 0) is 26.0 Å². The minimum Gasteiger partial charge on any atom is -0.348 e. The molecule has 1 aliphatic rings. The van der Waals surface area contributed by atoms with Crippen molar-refractivity contribution in [1.29, 1.82) is 0 Å². The molecular weight excluding hydrogens is 208 g/mol. The lowest BCUT2D eigenvalue weighted by Crippen LogP contribution is -2.32. The zero-order valence-electron chi connectivity index (χ0n) is 10.7. The second-order valence-corrected chi connectivity index (χ2v) is 4.94. The van der Waals surface area contributed by atoms with Crippen LogP contribution in [0.25, 0.3) is 0 Å². The van der Waals surface area contributed by atoms with E-state index in [1.165, 1.54) is 22.5 Å². The number of hydrogen-bond donors (Lipinski definition) is 0. The van der Waals surface area contributed by atoms with Gasteiger partial charge in [0.05, 0.1) is 18.0 Å². The lowest BCUT2D eigenvalue weighted by Gasteiger charge is -2.21. The van der Waals surface area contributed by atoms with E-state index in [0.29, 0.717) is 0 Å². The van der Waals surface area contributed by atoms with Gasteiger partial charge in [-0.1, -0.05) is 36.4 Å². The lowest BCUT2D eigenvalue weighted by atomic mass is 10.2. The van der Waals surface area contributed by atoms with Crippen LogP contribution in [0.2, 0.25) is 0 Å². The average Bonchev–Trinajstić information content (AvgIpc) is 2.56. The van der Waals surface area contributed by atoms with Crippen LogP contribution >= 0.6 is 0 Å². The first-order valence-electron chi connectivity index (χ1n) is 5.95. The van der Waals surface area contributed by atoms with Crippen LogP contribution in [-0.2, 0) is 0 Å². The summed E-state index contributed by atoms with van der Waals surface area (Å²) in [5.74, 6) is 0. The molecular formula is C15H20N2. The maximum atomic E-state index is 4.00. The maximum Gasteiger partial charge on any atom is 0.0911 e. The van der Waals surface area contributed by atoms with Gasteiger partial charge in [0, 0.05) is 13.1 Å². The number of fused-ring (bicyclic) bond motifs is 1. The van der Waals surface area contributed by atoms with Crippen LogP contribution in [0, 0.1) is 0 Å². The summed E-state index contributed by atoms with van der Waals surface area (Å²) in [6.07, 6.45) is 0. The molecule has 0 N–H and O–H groups in total. The summed E-state index contributed by atoms with van der Waals surface area (Å²) >= 11 is 0. The number of hydrogen-bond acceptors (Lipinski definition) is 2. The number of anilines is 2. The predicted octanol–water partition coefficient (Wildman–Crippen LogP) is 3.42. The molecule has 0 saturated carbocycles. The third-order valence-corrected chi connectivity index (χ3v) is 2.83. The molecule has 2 nitrogen and oxygen atoms in total. The summed E-state index contributed by atoms with van der Waals surface area (Å²) < 4.78 is 0. The SMILES string of the molecule is C=C(C)CN1CN(CC(=C)C)c2ccccc21. The van der Waals surface area contributed by atoms with E-state index in [2.05, 4.69) is 61.1 Å². The van der Waals surface area contributed by atoms with E-state index < -0.39 is 0 Å². The Morgan fingerprint density at radius 1 is 1.00 bits per heavy atom. The largest absolute Gasteiger partial charge is 0.348 e. The Labute approximate surface area is 104 Å². The third-order valence-electron chi connectivity index (χ3n) is 2.83. The number of benzene rings is 1. The molecule has 1 aromatic carbocycles. The molecule has 0 spiro atoms. The summed E-state index contributed by atoms with van der Waals surface area (Å²) in [5.41, 5.74) is 4.99. The van der Waals surface area contributed by atoms with Crippen molar-refractivity contribution in [2.75, 3.05) is 29.6 Å². The van der Waals surface area contributed by atoms with Gasteiger partial charge < -0.3 is 9.80 Å². The normalized spacial score (nSPS) is 13.8.